The molecule has 3 fully saturated rings. The van der Waals surface area contributed by atoms with Crippen LogP contribution >= 0.6 is 0 Å². The van der Waals surface area contributed by atoms with Crippen LogP contribution in [0.1, 0.15) is 58.1 Å². The lowest BCUT2D eigenvalue weighted by Crippen LogP contribution is -2.61. The Labute approximate surface area is 258 Å². The summed E-state index contributed by atoms with van der Waals surface area (Å²) in [4.78, 5) is 50.3. The number of rotatable bonds is 3. The minimum absolute atomic E-state index is 0.0499. The minimum Gasteiger partial charge on any atom is -0.444 e. The van der Waals surface area contributed by atoms with Gasteiger partial charge in [-0.1, -0.05) is 36.8 Å². The van der Waals surface area contributed by atoms with Gasteiger partial charge < -0.3 is 29.1 Å². The SMILES string of the molecule is CC(C)(C)OC(=O)N1CCN(C(=O)N2CCC(O)C3(CCCC3Cn3ccc4ccncc4c3=O)C2)[C@H](c2ccccc2)C1. The third-order valence-electron chi connectivity index (χ3n) is 9.76. The van der Waals surface area contributed by atoms with Crippen molar-refractivity contribution >= 4 is 22.9 Å². The van der Waals surface area contributed by atoms with E-state index in [0.29, 0.717) is 51.1 Å². The average molecular weight is 602 g/mol. The van der Waals surface area contributed by atoms with Crippen molar-refractivity contribution in [2.24, 2.45) is 11.3 Å². The molecule has 3 aromatic rings. The molecule has 6 rings (SSSR count). The lowest BCUT2D eigenvalue weighted by atomic mass is 9.69. The fourth-order valence-electron chi connectivity index (χ4n) is 7.51. The number of nitrogens with zero attached hydrogens (tertiary/aromatic N) is 5. The van der Waals surface area contributed by atoms with Gasteiger partial charge in [0.2, 0.25) is 0 Å². The molecule has 3 amide bonds. The quantitative estimate of drug-likeness (QED) is 0.468. The monoisotopic (exact) mass is 601 g/mol. The third kappa shape index (κ3) is 5.79. The van der Waals surface area contributed by atoms with Crippen molar-refractivity contribution < 1.29 is 19.4 Å². The molecule has 0 bridgehead atoms. The molecule has 1 N–H and O–H groups in total. The van der Waals surface area contributed by atoms with Gasteiger partial charge in [-0.15, -0.1) is 0 Å². The van der Waals surface area contributed by atoms with Crippen molar-refractivity contribution in [1.82, 2.24) is 24.3 Å². The highest BCUT2D eigenvalue weighted by molar-refractivity contribution is 5.80. The summed E-state index contributed by atoms with van der Waals surface area (Å²) in [5, 5.41) is 12.9. The van der Waals surface area contributed by atoms with Gasteiger partial charge in [-0.05, 0) is 69.0 Å². The van der Waals surface area contributed by atoms with Gasteiger partial charge in [0, 0.05) is 63.3 Å². The number of ether oxygens (including phenoxy) is 1. The van der Waals surface area contributed by atoms with Crippen molar-refractivity contribution in [3.63, 3.8) is 0 Å². The van der Waals surface area contributed by atoms with Gasteiger partial charge in [0.05, 0.1) is 17.5 Å². The van der Waals surface area contributed by atoms with Gasteiger partial charge in [0.25, 0.3) is 5.56 Å². The molecule has 2 aromatic heterocycles. The number of amides is 3. The number of benzene rings is 1. The number of aliphatic hydroxyl groups is 1. The largest absolute Gasteiger partial charge is 0.444 e. The zero-order valence-corrected chi connectivity index (χ0v) is 25.9. The van der Waals surface area contributed by atoms with E-state index in [4.69, 9.17) is 4.74 Å². The number of aromatic nitrogens is 2. The van der Waals surface area contributed by atoms with Crippen molar-refractivity contribution in [3.8, 4) is 0 Å². The maximum Gasteiger partial charge on any atom is 0.410 e. The summed E-state index contributed by atoms with van der Waals surface area (Å²) in [6.45, 7) is 8.05. The topological polar surface area (TPSA) is 108 Å². The van der Waals surface area contributed by atoms with Crippen molar-refractivity contribution in [1.29, 1.82) is 0 Å². The number of hydrogen-bond donors (Lipinski definition) is 1. The molecule has 44 heavy (non-hydrogen) atoms. The highest BCUT2D eigenvalue weighted by Gasteiger charge is 2.52. The van der Waals surface area contributed by atoms with Crippen LogP contribution in [0.2, 0.25) is 0 Å². The van der Waals surface area contributed by atoms with Crippen LogP contribution in [0.15, 0.2) is 65.8 Å². The standard InChI is InChI=1S/C34H43N5O5/c1-33(2,3)44-32(43)37-18-19-39(28(22-37)25-8-5-4-6-9-25)31(42)38-17-13-29(40)34(23-38)14-7-10-26(34)21-36-16-12-24-11-15-35-20-27(24)30(36)41/h4-6,8-9,11-12,15-16,20,26,28-29,40H,7,10,13-14,17-19,21-23H2,1-3H3/t26?,28-,29?,34?/m0/s1. The molecule has 10 heteroatoms. The predicted molar refractivity (Wildman–Crippen MR) is 167 cm³/mol. The summed E-state index contributed by atoms with van der Waals surface area (Å²) in [7, 11) is 0. The number of piperazine rings is 1. The van der Waals surface area contributed by atoms with Crippen molar-refractivity contribution in [2.75, 3.05) is 32.7 Å². The Balaban J connectivity index is 1.23. The van der Waals surface area contributed by atoms with Gasteiger partial charge in [0.1, 0.15) is 5.60 Å². The number of carbonyl (C=O) groups is 2. The van der Waals surface area contributed by atoms with Gasteiger partial charge in [-0.25, -0.2) is 9.59 Å². The summed E-state index contributed by atoms with van der Waals surface area (Å²) < 4.78 is 7.41. The predicted octanol–water partition coefficient (Wildman–Crippen LogP) is 4.66. The van der Waals surface area contributed by atoms with E-state index in [0.717, 1.165) is 30.2 Å². The molecule has 3 unspecified atom stereocenters. The van der Waals surface area contributed by atoms with Crippen molar-refractivity contribution in [2.45, 2.75) is 70.7 Å². The first-order chi connectivity index (χ1) is 21.1. The molecule has 1 aliphatic carbocycles. The summed E-state index contributed by atoms with van der Waals surface area (Å²) in [6.07, 6.45) is 7.33. The van der Waals surface area contributed by atoms with Crippen LogP contribution in [-0.4, -0.2) is 85.9 Å². The Kier molecular flexibility index (Phi) is 8.13. The second-order valence-corrected chi connectivity index (χ2v) is 13.6. The number of pyridine rings is 2. The van der Waals surface area contributed by atoms with Crippen LogP contribution in [0.3, 0.4) is 0 Å². The highest BCUT2D eigenvalue weighted by Crippen LogP contribution is 2.50. The minimum atomic E-state index is -0.609. The van der Waals surface area contributed by atoms with E-state index >= 15 is 0 Å². The molecule has 10 nitrogen and oxygen atoms in total. The first-order valence-electron chi connectivity index (χ1n) is 15.8. The number of piperidine rings is 1. The highest BCUT2D eigenvalue weighted by atomic mass is 16.6. The summed E-state index contributed by atoms with van der Waals surface area (Å²) in [6, 6.07) is 13.2. The number of urea groups is 1. The van der Waals surface area contributed by atoms with Crippen molar-refractivity contribution in [3.05, 3.63) is 77.0 Å². The van der Waals surface area contributed by atoms with E-state index in [9.17, 15) is 19.5 Å². The maximum absolute atomic E-state index is 14.3. The average Bonchev–Trinajstić information content (AvgIpc) is 3.41. The van der Waals surface area contributed by atoms with Crippen LogP contribution in [-0.2, 0) is 11.3 Å². The first-order valence-corrected chi connectivity index (χ1v) is 15.8. The molecule has 1 saturated carbocycles. The lowest BCUT2D eigenvalue weighted by Gasteiger charge is -2.50. The van der Waals surface area contributed by atoms with E-state index in [2.05, 4.69) is 4.98 Å². The van der Waals surface area contributed by atoms with Crippen LogP contribution < -0.4 is 5.56 Å². The molecule has 2 saturated heterocycles. The second kappa shape index (κ2) is 11.9. The Morgan fingerprint density at radius 3 is 2.61 bits per heavy atom. The number of carbonyl (C=O) groups excluding carboxylic acids is 2. The number of aliphatic hydroxyl groups excluding tert-OH is 1. The van der Waals surface area contributed by atoms with Crippen LogP contribution in [0, 0.1) is 11.3 Å². The van der Waals surface area contributed by atoms with E-state index in [-0.39, 0.29) is 29.6 Å². The molecule has 1 spiro atoms. The molecule has 0 radical (unpaired) electrons. The number of likely N-dealkylation sites (tertiary alicyclic amines) is 1. The molecule has 234 valence electrons. The zero-order valence-electron chi connectivity index (χ0n) is 25.9. The van der Waals surface area contributed by atoms with Gasteiger partial charge in [-0.2, -0.15) is 0 Å². The van der Waals surface area contributed by atoms with E-state index in [1.54, 1.807) is 21.9 Å². The van der Waals surface area contributed by atoms with Gasteiger partial charge in [-0.3, -0.25) is 9.78 Å². The first kappa shape index (κ1) is 30.1. The molecule has 4 atom stereocenters. The number of fused-ring (bicyclic) bond motifs is 1. The lowest BCUT2D eigenvalue weighted by molar-refractivity contribution is -0.0666. The Bertz CT molecular complexity index is 1570. The van der Waals surface area contributed by atoms with Gasteiger partial charge in [0.15, 0.2) is 0 Å². The number of hydrogen-bond acceptors (Lipinski definition) is 6. The Morgan fingerprint density at radius 1 is 1.05 bits per heavy atom. The molecule has 2 aliphatic heterocycles. The smallest absolute Gasteiger partial charge is 0.410 e. The van der Waals surface area contributed by atoms with Crippen LogP contribution in [0.4, 0.5) is 9.59 Å². The van der Waals surface area contributed by atoms with E-state index < -0.39 is 17.1 Å². The van der Waals surface area contributed by atoms with Gasteiger partial charge >= 0.3 is 12.1 Å². The Morgan fingerprint density at radius 2 is 1.84 bits per heavy atom. The fraction of sp³-hybridized carbons (Fsp3) is 0.529. The molecular weight excluding hydrogens is 558 g/mol. The van der Waals surface area contributed by atoms with E-state index in [1.165, 1.54) is 0 Å². The Hall–Kier alpha value is -3.92. The normalized spacial score (nSPS) is 25.9. The second-order valence-electron chi connectivity index (χ2n) is 13.6. The summed E-state index contributed by atoms with van der Waals surface area (Å²) >= 11 is 0. The molecule has 4 heterocycles. The summed E-state index contributed by atoms with van der Waals surface area (Å²) in [5.41, 5.74) is -0.214. The molecule has 3 aliphatic rings. The van der Waals surface area contributed by atoms with Crippen LogP contribution in [0.25, 0.3) is 10.8 Å². The third-order valence-corrected chi connectivity index (χ3v) is 9.76. The van der Waals surface area contributed by atoms with Crippen LogP contribution in [0.5, 0.6) is 0 Å². The van der Waals surface area contributed by atoms with E-state index in [1.807, 2.05) is 79.2 Å². The maximum atomic E-state index is 14.3. The summed E-state index contributed by atoms with van der Waals surface area (Å²) in [5.74, 6) is 0.0499. The fourth-order valence-corrected chi connectivity index (χ4v) is 7.51. The zero-order chi connectivity index (χ0) is 31.1. The molecule has 1 aromatic carbocycles. The molecular formula is C34H43N5O5.